The lowest BCUT2D eigenvalue weighted by Crippen LogP contribution is -2.50. The number of carboxylic acid groups (broad SMARTS) is 2. The van der Waals surface area contributed by atoms with Crippen molar-refractivity contribution in [3.8, 4) is 0 Å². The Morgan fingerprint density at radius 2 is 1.48 bits per heavy atom. The number of ether oxygens (including phenoxy) is 2. The molecule has 0 aliphatic heterocycles. The SMILES string of the molecule is CC(C)(C)OC(=O)NCCN(C(=O)OC(C)(C)C)[C@H](CCC(=O)O)C(=O)O. The second kappa shape index (κ2) is 9.98. The molecule has 0 heterocycles. The maximum Gasteiger partial charge on any atom is 0.411 e. The minimum atomic E-state index is -1.41. The first-order valence-electron chi connectivity index (χ1n) is 8.53. The van der Waals surface area contributed by atoms with Crippen molar-refractivity contribution >= 4 is 24.1 Å². The molecule has 0 fully saturated rings. The maximum absolute atomic E-state index is 12.4. The summed E-state index contributed by atoms with van der Waals surface area (Å²) < 4.78 is 10.3. The van der Waals surface area contributed by atoms with E-state index in [1.54, 1.807) is 41.5 Å². The van der Waals surface area contributed by atoms with Gasteiger partial charge in [-0.15, -0.1) is 0 Å². The summed E-state index contributed by atoms with van der Waals surface area (Å²) in [6, 6.07) is -1.41. The van der Waals surface area contributed by atoms with Crippen LogP contribution in [0.25, 0.3) is 0 Å². The van der Waals surface area contributed by atoms with Gasteiger partial charge in [0.25, 0.3) is 0 Å². The molecular formula is C17H30N2O8. The number of carbonyl (C=O) groups excluding carboxylic acids is 2. The second-order valence-electron chi connectivity index (χ2n) is 7.89. The van der Waals surface area contributed by atoms with Crippen molar-refractivity contribution in [1.29, 1.82) is 0 Å². The van der Waals surface area contributed by atoms with Crippen LogP contribution in [0, 0.1) is 0 Å². The minimum absolute atomic E-state index is 0.0923. The summed E-state index contributed by atoms with van der Waals surface area (Å²) in [6.07, 6.45) is -2.36. The van der Waals surface area contributed by atoms with E-state index in [9.17, 15) is 24.3 Å². The van der Waals surface area contributed by atoms with Crippen molar-refractivity contribution in [2.24, 2.45) is 0 Å². The lowest BCUT2D eigenvalue weighted by molar-refractivity contribution is -0.144. The van der Waals surface area contributed by atoms with E-state index in [4.69, 9.17) is 14.6 Å². The Morgan fingerprint density at radius 3 is 1.89 bits per heavy atom. The standard InChI is InChI=1S/C17H30N2O8/c1-16(2,3)26-14(24)18-9-10-19(15(25)27-17(4,5)6)11(13(22)23)7-8-12(20)21/h11H,7-10H2,1-6H3,(H,18,24)(H,20,21)(H,22,23)/t11-/m1/s1. The number of alkyl carbamates (subject to hydrolysis) is 1. The highest BCUT2D eigenvalue weighted by Gasteiger charge is 2.33. The summed E-state index contributed by atoms with van der Waals surface area (Å²) in [4.78, 5) is 47.3. The van der Waals surface area contributed by atoms with Crippen LogP contribution in [0.4, 0.5) is 9.59 Å². The largest absolute Gasteiger partial charge is 0.481 e. The summed E-state index contributed by atoms with van der Waals surface area (Å²) in [5, 5.41) is 20.6. The van der Waals surface area contributed by atoms with Crippen molar-refractivity contribution in [2.45, 2.75) is 71.6 Å². The number of nitrogens with one attached hydrogen (secondary N) is 1. The van der Waals surface area contributed by atoms with E-state index in [1.807, 2.05) is 0 Å². The van der Waals surface area contributed by atoms with E-state index in [0.717, 1.165) is 4.90 Å². The van der Waals surface area contributed by atoms with Crippen molar-refractivity contribution in [3.63, 3.8) is 0 Å². The molecule has 10 nitrogen and oxygen atoms in total. The van der Waals surface area contributed by atoms with E-state index in [0.29, 0.717) is 0 Å². The Morgan fingerprint density at radius 1 is 0.963 bits per heavy atom. The highest BCUT2D eigenvalue weighted by Crippen LogP contribution is 2.15. The predicted octanol–water partition coefficient (Wildman–Crippen LogP) is 2.07. The molecule has 0 rings (SSSR count). The first-order chi connectivity index (χ1) is 12.1. The van der Waals surface area contributed by atoms with E-state index in [2.05, 4.69) is 5.32 Å². The molecule has 0 saturated carbocycles. The normalized spacial score (nSPS) is 12.7. The number of nitrogens with zero attached hydrogens (tertiary/aromatic N) is 1. The number of amides is 2. The van der Waals surface area contributed by atoms with Gasteiger partial charge in [-0.05, 0) is 48.0 Å². The molecule has 0 aromatic heterocycles. The molecule has 156 valence electrons. The third kappa shape index (κ3) is 11.7. The van der Waals surface area contributed by atoms with Gasteiger partial charge < -0.3 is 25.0 Å². The van der Waals surface area contributed by atoms with Crippen LogP contribution in [-0.2, 0) is 19.1 Å². The van der Waals surface area contributed by atoms with Crippen LogP contribution in [-0.4, -0.2) is 69.6 Å². The molecule has 3 N–H and O–H groups in total. The Bertz CT molecular complexity index is 548. The number of carboxylic acids is 2. The molecule has 0 bridgehead atoms. The van der Waals surface area contributed by atoms with E-state index in [1.165, 1.54) is 0 Å². The van der Waals surface area contributed by atoms with Gasteiger partial charge >= 0.3 is 24.1 Å². The average molecular weight is 390 g/mol. The van der Waals surface area contributed by atoms with Gasteiger partial charge in [0.2, 0.25) is 0 Å². The summed E-state index contributed by atoms with van der Waals surface area (Å²) in [5.41, 5.74) is -1.58. The van der Waals surface area contributed by atoms with Crippen LogP contribution in [0.1, 0.15) is 54.4 Å². The van der Waals surface area contributed by atoms with Gasteiger partial charge in [-0.25, -0.2) is 14.4 Å². The number of aliphatic carboxylic acids is 2. The van der Waals surface area contributed by atoms with Gasteiger partial charge in [-0.3, -0.25) is 9.69 Å². The second-order valence-corrected chi connectivity index (χ2v) is 7.89. The van der Waals surface area contributed by atoms with Crippen molar-refractivity contribution in [3.05, 3.63) is 0 Å². The quantitative estimate of drug-likeness (QED) is 0.571. The summed E-state index contributed by atoms with van der Waals surface area (Å²) in [6.45, 7) is 9.64. The molecule has 0 spiro atoms. The molecule has 2 amide bonds. The highest BCUT2D eigenvalue weighted by molar-refractivity contribution is 5.81. The average Bonchev–Trinajstić information content (AvgIpc) is 2.40. The maximum atomic E-state index is 12.4. The molecule has 0 unspecified atom stereocenters. The predicted molar refractivity (Wildman–Crippen MR) is 95.5 cm³/mol. The van der Waals surface area contributed by atoms with Crippen LogP contribution in [0.5, 0.6) is 0 Å². The zero-order valence-electron chi connectivity index (χ0n) is 16.7. The van der Waals surface area contributed by atoms with Gasteiger partial charge in [-0.2, -0.15) is 0 Å². The smallest absolute Gasteiger partial charge is 0.411 e. The molecule has 0 saturated heterocycles. The Hall–Kier alpha value is -2.52. The lowest BCUT2D eigenvalue weighted by Gasteiger charge is -2.31. The van der Waals surface area contributed by atoms with Crippen LogP contribution in [0.15, 0.2) is 0 Å². The molecule has 0 aliphatic carbocycles. The van der Waals surface area contributed by atoms with Crippen LogP contribution >= 0.6 is 0 Å². The molecule has 1 atom stereocenters. The van der Waals surface area contributed by atoms with Crippen molar-refractivity contribution < 1.29 is 38.9 Å². The van der Waals surface area contributed by atoms with Crippen molar-refractivity contribution in [1.82, 2.24) is 10.2 Å². The van der Waals surface area contributed by atoms with Crippen LogP contribution in [0.3, 0.4) is 0 Å². The van der Waals surface area contributed by atoms with Crippen molar-refractivity contribution in [2.75, 3.05) is 13.1 Å². The van der Waals surface area contributed by atoms with Gasteiger partial charge in [0.15, 0.2) is 0 Å². The molecule has 0 aromatic rings. The summed E-state index contributed by atoms with van der Waals surface area (Å²) in [5.74, 6) is -2.54. The Labute approximate surface area is 158 Å². The summed E-state index contributed by atoms with van der Waals surface area (Å²) in [7, 11) is 0. The third-order valence-corrected chi connectivity index (χ3v) is 2.94. The van der Waals surface area contributed by atoms with E-state index < -0.39 is 47.8 Å². The first-order valence-corrected chi connectivity index (χ1v) is 8.53. The van der Waals surface area contributed by atoms with E-state index >= 15 is 0 Å². The van der Waals surface area contributed by atoms with E-state index in [-0.39, 0.29) is 19.5 Å². The summed E-state index contributed by atoms with van der Waals surface area (Å²) >= 11 is 0. The zero-order chi connectivity index (χ0) is 21.4. The number of hydrogen-bond acceptors (Lipinski definition) is 6. The molecule has 27 heavy (non-hydrogen) atoms. The van der Waals surface area contributed by atoms with Gasteiger partial charge in [0.05, 0.1) is 0 Å². The van der Waals surface area contributed by atoms with Crippen LogP contribution < -0.4 is 5.32 Å². The fraction of sp³-hybridized carbons (Fsp3) is 0.765. The third-order valence-electron chi connectivity index (χ3n) is 2.94. The number of rotatable bonds is 8. The monoisotopic (exact) mass is 390 g/mol. The number of carbonyl (C=O) groups is 4. The Balaban J connectivity index is 5.16. The van der Waals surface area contributed by atoms with Gasteiger partial charge in [-0.1, -0.05) is 0 Å². The van der Waals surface area contributed by atoms with Gasteiger partial charge in [0.1, 0.15) is 17.2 Å². The minimum Gasteiger partial charge on any atom is -0.481 e. The first kappa shape index (κ1) is 24.5. The van der Waals surface area contributed by atoms with Gasteiger partial charge in [0, 0.05) is 19.5 Å². The highest BCUT2D eigenvalue weighted by atomic mass is 16.6. The lowest BCUT2D eigenvalue weighted by atomic mass is 10.1. The molecule has 10 heteroatoms. The van der Waals surface area contributed by atoms with Crippen LogP contribution in [0.2, 0.25) is 0 Å². The Kier molecular flexibility index (Phi) is 9.05. The molecule has 0 aromatic carbocycles. The fourth-order valence-electron chi connectivity index (χ4n) is 1.96. The molecule has 0 radical (unpaired) electrons. The topological polar surface area (TPSA) is 142 Å². The molecule has 0 aliphatic rings. The zero-order valence-corrected chi connectivity index (χ0v) is 16.7. The fourth-order valence-corrected chi connectivity index (χ4v) is 1.96. The molecular weight excluding hydrogens is 360 g/mol. The number of hydrogen-bond donors (Lipinski definition) is 3.